The number of carbonyl (C=O) groups is 2. The Kier molecular flexibility index (Phi) is 4.30. The van der Waals surface area contributed by atoms with Crippen LogP contribution in [0.2, 0.25) is 0 Å². The largest absolute Gasteiger partial charge is 0.454 e. The lowest BCUT2D eigenvalue weighted by atomic mass is 9.46. The maximum Gasteiger partial charge on any atom is 0.303 e. The number of carbonyl (C=O) groups excluding carboxylic acids is 2. The molecule has 1 saturated heterocycles. The maximum absolute atomic E-state index is 14.2. The third-order valence-corrected chi connectivity index (χ3v) is 9.75. The molecule has 0 amide bonds. The van der Waals surface area contributed by atoms with Gasteiger partial charge in [0.15, 0.2) is 11.4 Å². The zero-order valence-corrected chi connectivity index (χ0v) is 19.2. The van der Waals surface area contributed by atoms with E-state index < -0.39 is 52.0 Å². The van der Waals surface area contributed by atoms with Crippen LogP contribution in [-0.4, -0.2) is 65.2 Å². The number of rotatable bonds is 2. The molecule has 9 atom stereocenters. The molecule has 0 aromatic heterocycles. The first-order valence-corrected chi connectivity index (χ1v) is 11.4. The van der Waals surface area contributed by atoms with E-state index in [1.165, 1.54) is 14.0 Å². The predicted molar refractivity (Wildman–Crippen MR) is 110 cm³/mol. The summed E-state index contributed by atoms with van der Waals surface area (Å²) in [4.78, 5) is 26.4. The van der Waals surface area contributed by atoms with E-state index in [2.05, 4.69) is 0 Å². The summed E-state index contributed by atoms with van der Waals surface area (Å²) in [5.74, 6) is -1.09. The second kappa shape index (κ2) is 6.19. The molecule has 2 N–H and O–H groups in total. The summed E-state index contributed by atoms with van der Waals surface area (Å²) in [6.07, 6.45) is -0.458. The first kappa shape index (κ1) is 21.6. The van der Waals surface area contributed by atoms with Gasteiger partial charge in [0.1, 0.15) is 12.2 Å². The summed E-state index contributed by atoms with van der Waals surface area (Å²) < 4.78 is 17.7. The molecule has 5 aliphatic rings. The Labute approximate surface area is 183 Å². The second-order valence-electron chi connectivity index (χ2n) is 11.1. The van der Waals surface area contributed by atoms with Gasteiger partial charge in [0.2, 0.25) is 0 Å². The summed E-state index contributed by atoms with van der Waals surface area (Å²) in [6.45, 7) is 9.28. The average molecular weight is 435 g/mol. The first-order valence-electron chi connectivity index (χ1n) is 11.4. The molecule has 4 aliphatic carbocycles. The van der Waals surface area contributed by atoms with Crippen molar-refractivity contribution in [2.75, 3.05) is 13.7 Å². The quantitative estimate of drug-likeness (QED) is 0.505. The molecular formula is C24H34O7. The lowest BCUT2D eigenvalue weighted by Gasteiger charge is -2.64. The monoisotopic (exact) mass is 434 g/mol. The number of ketones is 1. The van der Waals surface area contributed by atoms with E-state index in [-0.39, 0.29) is 30.8 Å². The molecule has 172 valence electrons. The summed E-state index contributed by atoms with van der Waals surface area (Å²) >= 11 is 0. The predicted octanol–water partition coefficient (Wildman–Crippen LogP) is 1.79. The van der Waals surface area contributed by atoms with Crippen LogP contribution in [0.3, 0.4) is 0 Å². The van der Waals surface area contributed by atoms with Crippen LogP contribution in [0.4, 0.5) is 0 Å². The van der Waals surface area contributed by atoms with Gasteiger partial charge in [-0.3, -0.25) is 9.59 Å². The molecule has 0 radical (unpaired) electrons. The highest BCUT2D eigenvalue weighted by molar-refractivity contribution is 5.96. The second-order valence-corrected chi connectivity index (χ2v) is 11.1. The molecule has 5 rings (SSSR count). The normalized spacial score (nSPS) is 52.1. The minimum Gasteiger partial charge on any atom is -0.454 e. The zero-order valence-electron chi connectivity index (χ0n) is 19.2. The van der Waals surface area contributed by atoms with Crippen molar-refractivity contribution in [2.24, 2.45) is 28.6 Å². The summed E-state index contributed by atoms with van der Waals surface area (Å²) in [6, 6.07) is 0. The standard InChI is InChI=1S/C24H34O7/c1-11-15(26)9-24(28)12(2)19-22(20(27)18(29-6)17(11)21(24,4)5)8-14(22)7-16-23(19,10-30-16)31-13(3)25/h12,14-16,18-19,26,28H,7-10H2,1-6H3/t12?,14-,15?,16?,18?,19?,22-,23?,24?/m1/s1. The molecule has 2 bridgehead atoms. The van der Waals surface area contributed by atoms with Crippen LogP contribution in [0.15, 0.2) is 11.1 Å². The number of hydrogen-bond acceptors (Lipinski definition) is 7. The van der Waals surface area contributed by atoms with Gasteiger partial charge >= 0.3 is 5.97 Å². The Morgan fingerprint density at radius 3 is 2.48 bits per heavy atom. The van der Waals surface area contributed by atoms with E-state index >= 15 is 0 Å². The van der Waals surface area contributed by atoms with Gasteiger partial charge < -0.3 is 24.4 Å². The van der Waals surface area contributed by atoms with Crippen LogP contribution in [0.1, 0.15) is 53.9 Å². The molecule has 1 aliphatic heterocycles. The Bertz CT molecular complexity index is 892. The number of aliphatic hydroxyl groups is 2. The van der Waals surface area contributed by atoms with Crippen molar-refractivity contribution >= 4 is 11.8 Å². The summed E-state index contributed by atoms with van der Waals surface area (Å²) in [5, 5.41) is 23.2. The first-order chi connectivity index (χ1) is 14.4. The van der Waals surface area contributed by atoms with Crippen LogP contribution in [0, 0.1) is 28.6 Å². The van der Waals surface area contributed by atoms with Crippen molar-refractivity contribution in [1.29, 1.82) is 0 Å². The number of Topliss-reactive ketones (excluding diaryl/α,β-unsaturated/α-hetero) is 1. The Morgan fingerprint density at radius 2 is 1.94 bits per heavy atom. The van der Waals surface area contributed by atoms with Crippen LogP contribution < -0.4 is 0 Å². The molecule has 31 heavy (non-hydrogen) atoms. The number of fused-ring (bicyclic) bond motifs is 4. The Hall–Kier alpha value is -1.28. The average Bonchev–Trinajstić information content (AvgIpc) is 3.40. The number of aliphatic hydroxyl groups excluding tert-OH is 1. The highest BCUT2D eigenvalue weighted by atomic mass is 16.6. The van der Waals surface area contributed by atoms with Crippen molar-refractivity contribution in [3.63, 3.8) is 0 Å². The van der Waals surface area contributed by atoms with Crippen molar-refractivity contribution in [3.8, 4) is 0 Å². The lowest BCUT2D eigenvalue weighted by Crippen LogP contribution is -2.75. The minimum atomic E-state index is -1.31. The number of methoxy groups -OCH3 is 1. The van der Waals surface area contributed by atoms with Crippen LogP contribution in [0.25, 0.3) is 0 Å². The van der Waals surface area contributed by atoms with Crippen molar-refractivity contribution in [3.05, 3.63) is 11.1 Å². The minimum absolute atomic E-state index is 0.00713. The van der Waals surface area contributed by atoms with Gasteiger partial charge in [-0.15, -0.1) is 0 Å². The molecule has 7 heteroatoms. The van der Waals surface area contributed by atoms with Crippen molar-refractivity contribution < 1.29 is 34.0 Å². The fraction of sp³-hybridized carbons (Fsp3) is 0.833. The number of ether oxygens (including phenoxy) is 3. The van der Waals surface area contributed by atoms with E-state index in [0.717, 1.165) is 0 Å². The smallest absolute Gasteiger partial charge is 0.303 e. The van der Waals surface area contributed by atoms with Crippen LogP contribution >= 0.6 is 0 Å². The van der Waals surface area contributed by atoms with E-state index in [9.17, 15) is 19.8 Å². The van der Waals surface area contributed by atoms with Gasteiger partial charge in [-0.1, -0.05) is 20.8 Å². The van der Waals surface area contributed by atoms with Crippen molar-refractivity contribution in [2.45, 2.75) is 83.4 Å². The van der Waals surface area contributed by atoms with Crippen LogP contribution in [-0.2, 0) is 23.8 Å². The molecule has 3 saturated carbocycles. The SMILES string of the molecule is COC1C(=O)[C@]23C[C@H]2CC2OCC2(OC(C)=O)C3C(C)C2(O)CC(O)C(C)=C1C2(C)C. The molecular weight excluding hydrogens is 400 g/mol. The zero-order chi connectivity index (χ0) is 22.7. The molecule has 4 fully saturated rings. The number of hydrogen-bond donors (Lipinski definition) is 2. The number of esters is 1. The summed E-state index contributed by atoms with van der Waals surface area (Å²) in [5.41, 5.74) is -2.36. The van der Waals surface area contributed by atoms with Gasteiger partial charge in [-0.05, 0) is 42.7 Å². The molecule has 1 heterocycles. The molecule has 7 unspecified atom stereocenters. The molecule has 1 spiro atoms. The highest BCUT2D eigenvalue weighted by Crippen LogP contribution is 2.75. The van der Waals surface area contributed by atoms with Gasteiger partial charge in [-0.2, -0.15) is 0 Å². The third kappa shape index (κ3) is 2.29. The van der Waals surface area contributed by atoms with Crippen LogP contribution in [0.5, 0.6) is 0 Å². The van der Waals surface area contributed by atoms with E-state index in [0.29, 0.717) is 24.0 Å². The lowest BCUT2D eigenvalue weighted by molar-refractivity contribution is -0.315. The van der Waals surface area contributed by atoms with Crippen molar-refractivity contribution in [1.82, 2.24) is 0 Å². The van der Waals surface area contributed by atoms with E-state index in [1.54, 1.807) is 0 Å². The molecule has 0 aromatic carbocycles. The molecule has 7 nitrogen and oxygen atoms in total. The fourth-order valence-corrected chi connectivity index (χ4v) is 8.17. The topological polar surface area (TPSA) is 102 Å². The van der Waals surface area contributed by atoms with Gasteiger partial charge in [0.25, 0.3) is 0 Å². The Morgan fingerprint density at radius 1 is 1.26 bits per heavy atom. The van der Waals surface area contributed by atoms with Gasteiger partial charge in [-0.25, -0.2) is 0 Å². The fourth-order valence-electron chi connectivity index (χ4n) is 8.17. The Balaban J connectivity index is 1.77. The van der Waals surface area contributed by atoms with Gasteiger partial charge in [0, 0.05) is 37.2 Å². The van der Waals surface area contributed by atoms with E-state index in [4.69, 9.17) is 14.2 Å². The maximum atomic E-state index is 14.2. The van der Waals surface area contributed by atoms with E-state index in [1.807, 2.05) is 27.7 Å². The molecule has 0 aromatic rings. The van der Waals surface area contributed by atoms with Gasteiger partial charge in [0.05, 0.1) is 18.3 Å². The highest BCUT2D eigenvalue weighted by Gasteiger charge is 2.82. The summed E-state index contributed by atoms with van der Waals surface area (Å²) in [7, 11) is 1.52. The third-order valence-electron chi connectivity index (χ3n) is 9.75.